The lowest BCUT2D eigenvalue weighted by Crippen LogP contribution is -2.09. The summed E-state index contributed by atoms with van der Waals surface area (Å²) in [4.78, 5) is 0. The minimum atomic E-state index is 1.20. The lowest BCUT2D eigenvalue weighted by Gasteiger charge is -2.21. The van der Waals surface area contributed by atoms with Crippen LogP contribution in [0.5, 0.6) is 0 Å². The molecule has 3 saturated carbocycles. The van der Waals surface area contributed by atoms with E-state index in [1.54, 1.807) is 32.1 Å². The van der Waals surface area contributed by atoms with Gasteiger partial charge in [-0.05, 0) is 36.5 Å². The molecule has 0 nitrogen and oxygen atoms in total. The second-order valence-corrected chi connectivity index (χ2v) is 4.25. The van der Waals surface area contributed by atoms with E-state index in [1.807, 2.05) is 0 Å². The molecule has 3 rings (SSSR count). The second kappa shape index (κ2) is 1.36. The molecule has 0 amide bonds. The predicted octanol–water partition coefficient (Wildman–Crippen LogP) is 2.44. The standard InChI is InChI=1S/C9H14/c1-2-6-4-7(3-1)9-5-8(6)9/h6-9H,1-5H2/t6-,7?,8-,9?/m0/s1. The number of rotatable bonds is 0. The summed E-state index contributed by atoms with van der Waals surface area (Å²) in [5.74, 6) is 4.87. The van der Waals surface area contributed by atoms with Crippen molar-refractivity contribution in [3.8, 4) is 0 Å². The van der Waals surface area contributed by atoms with Crippen molar-refractivity contribution >= 4 is 0 Å². The van der Waals surface area contributed by atoms with Gasteiger partial charge in [-0.3, -0.25) is 0 Å². The molecule has 3 aliphatic rings. The summed E-state index contributed by atoms with van der Waals surface area (Å²) in [5, 5.41) is 0. The fourth-order valence-electron chi connectivity index (χ4n) is 3.36. The van der Waals surface area contributed by atoms with E-state index in [9.17, 15) is 0 Å². The fourth-order valence-corrected chi connectivity index (χ4v) is 3.36. The van der Waals surface area contributed by atoms with E-state index in [2.05, 4.69) is 0 Å². The zero-order chi connectivity index (χ0) is 5.84. The smallest absolute Gasteiger partial charge is 0.0352 e. The molecule has 3 aliphatic carbocycles. The Morgan fingerprint density at radius 3 is 2.00 bits per heavy atom. The molecule has 0 radical (unpaired) electrons. The molecule has 0 heterocycles. The zero-order valence-corrected chi connectivity index (χ0v) is 5.84. The van der Waals surface area contributed by atoms with Crippen molar-refractivity contribution in [3.63, 3.8) is 0 Å². The average molecular weight is 122 g/mol. The molecule has 50 valence electrons. The Morgan fingerprint density at radius 2 is 1.44 bits per heavy atom. The van der Waals surface area contributed by atoms with E-state index >= 15 is 0 Å². The monoisotopic (exact) mass is 122 g/mol. The molecule has 0 N–H and O–H groups in total. The molecule has 3 fully saturated rings. The Kier molecular flexibility index (Phi) is 0.717. The number of fused-ring (bicyclic) bond motifs is 5. The quantitative estimate of drug-likeness (QED) is 0.463. The minimum Gasteiger partial charge on any atom is -0.0528 e. The van der Waals surface area contributed by atoms with Crippen molar-refractivity contribution in [2.45, 2.75) is 32.1 Å². The molecule has 0 aromatic carbocycles. The lowest BCUT2D eigenvalue weighted by atomic mass is 9.84. The van der Waals surface area contributed by atoms with Gasteiger partial charge in [0.15, 0.2) is 0 Å². The normalized spacial score (nSPS) is 61.3. The molecular formula is C9H14. The summed E-state index contributed by atoms with van der Waals surface area (Å²) >= 11 is 0. The highest BCUT2D eigenvalue weighted by Gasteiger charge is 2.54. The summed E-state index contributed by atoms with van der Waals surface area (Å²) in [7, 11) is 0. The van der Waals surface area contributed by atoms with Crippen molar-refractivity contribution in [2.75, 3.05) is 0 Å². The van der Waals surface area contributed by atoms with Gasteiger partial charge in [-0.15, -0.1) is 0 Å². The Hall–Kier alpha value is 0. The highest BCUT2D eigenvalue weighted by molar-refractivity contribution is 5.04. The summed E-state index contributed by atoms with van der Waals surface area (Å²) in [6.07, 6.45) is 7.96. The second-order valence-electron chi connectivity index (χ2n) is 4.25. The van der Waals surface area contributed by atoms with Crippen LogP contribution in [0.1, 0.15) is 32.1 Å². The van der Waals surface area contributed by atoms with Crippen LogP contribution in [0.15, 0.2) is 0 Å². The van der Waals surface area contributed by atoms with Gasteiger partial charge >= 0.3 is 0 Å². The van der Waals surface area contributed by atoms with Gasteiger partial charge < -0.3 is 0 Å². The maximum Gasteiger partial charge on any atom is -0.0352 e. The maximum atomic E-state index is 1.62. The maximum absolute atomic E-state index is 1.62. The Bertz CT molecular complexity index is 125. The van der Waals surface area contributed by atoms with Gasteiger partial charge in [-0.25, -0.2) is 0 Å². The molecule has 0 aliphatic heterocycles. The molecule has 0 heteroatoms. The van der Waals surface area contributed by atoms with E-state index in [-0.39, 0.29) is 0 Å². The van der Waals surface area contributed by atoms with Crippen LogP contribution in [0.25, 0.3) is 0 Å². The predicted molar refractivity (Wildman–Crippen MR) is 37.0 cm³/mol. The van der Waals surface area contributed by atoms with Crippen LogP contribution >= 0.6 is 0 Å². The highest BCUT2D eigenvalue weighted by atomic mass is 14.6. The first-order valence-electron chi connectivity index (χ1n) is 4.45. The number of hydrogen-bond acceptors (Lipinski definition) is 0. The zero-order valence-electron chi connectivity index (χ0n) is 5.84. The molecule has 2 unspecified atom stereocenters. The molecule has 2 bridgehead atoms. The van der Waals surface area contributed by atoms with Crippen molar-refractivity contribution in [1.29, 1.82) is 0 Å². The molecule has 0 aromatic heterocycles. The minimum absolute atomic E-state index is 1.20. The van der Waals surface area contributed by atoms with Crippen molar-refractivity contribution in [3.05, 3.63) is 0 Å². The molecule has 9 heavy (non-hydrogen) atoms. The summed E-state index contributed by atoms with van der Waals surface area (Å²) in [6, 6.07) is 0. The van der Waals surface area contributed by atoms with Crippen LogP contribution < -0.4 is 0 Å². The summed E-state index contributed by atoms with van der Waals surface area (Å²) < 4.78 is 0. The fraction of sp³-hybridized carbons (Fsp3) is 1.00. The van der Waals surface area contributed by atoms with E-state index in [1.165, 1.54) is 23.7 Å². The van der Waals surface area contributed by atoms with E-state index in [0.29, 0.717) is 0 Å². The van der Waals surface area contributed by atoms with Gasteiger partial charge in [0.2, 0.25) is 0 Å². The SMILES string of the molecule is C1CC2C[C@H](C1)[C@@H]1CC21. The van der Waals surface area contributed by atoms with Gasteiger partial charge in [0, 0.05) is 0 Å². The van der Waals surface area contributed by atoms with Crippen molar-refractivity contribution in [2.24, 2.45) is 23.7 Å². The van der Waals surface area contributed by atoms with E-state index in [4.69, 9.17) is 0 Å². The largest absolute Gasteiger partial charge is 0.0528 e. The van der Waals surface area contributed by atoms with Crippen LogP contribution in [0, 0.1) is 23.7 Å². The molecule has 0 saturated heterocycles. The van der Waals surface area contributed by atoms with Crippen LogP contribution in [0.3, 0.4) is 0 Å². The third-order valence-electron chi connectivity index (χ3n) is 3.86. The van der Waals surface area contributed by atoms with Gasteiger partial charge in [-0.2, -0.15) is 0 Å². The van der Waals surface area contributed by atoms with Gasteiger partial charge in [0.1, 0.15) is 0 Å². The van der Waals surface area contributed by atoms with Gasteiger partial charge in [0.05, 0.1) is 0 Å². The topological polar surface area (TPSA) is 0 Å². The van der Waals surface area contributed by atoms with Crippen LogP contribution in [-0.4, -0.2) is 0 Å². The third kappa shape index (κ3) is 0.500. The van der Waals surface area contributed by atoms with Crippen LogP contribution in [0.2, 0.25) is 0 Å². The Balaban J connectivity index is 1.92. The van der Waals surface area contributed by atoms with Crippen LogP contribution in [0.4, 0.5) is 0 Å². The third-order valence-corrected chi connectivity index (χ3v) is 3.86. The summed E-state index contributed by atoms with van der Waals surface area (Å²) in [5.41, 5.74) is 0. The first kappa shape index (κ1) is 4.76. The number of hydrogen-bond donors (Lipinski definition) is 0. The van der Waals surface area contributed by atoms with E-state index in [0.717, 1.165) is 0 Å². The molecular weight excluding hydrogens is 108 g/mol. The molecule has 0 spiro atoms. The van der Waals surface area contributed by atoms with Gasteiger partial charge in [-0.1, -0.05) is 19.3 Å². The van der Waals surface area contributed by atoms with Crippen LogP contribution in [-0.2, 0) is 0 Å². The van der Waals surface area contributed by atoms with Crippen molar-refractivity contribution in [1.82, 2.24) is 0 Å². The van der Waals surface area contributed by atoms with Gasteiger partial charge in [0.25, 0.3) is 0 Å². The first-order valence-corrected chi connectivity index (χ1v) is 4.45. The molecule has 0 aromatic rings. The first-order chi connectivity index (χ1) is 4.45. The highest BCUT2D eigenvalue weighted by Crippen LogP contribution is 2.63. The Labute approximate surface area is 56.6 Å². The van der Waals surface area contributed by atoms with E-state index < -0.39 is 0 Å². The van der Waals surface area contributed by atoms with Crippen molar-refractivity contribution < 1.29 is 0 Å². The molecule has 4 atom stereocenters. The average Bonchev–Trinajstić information content (AvgIpc) is 2.62. The summed E-state index contributed by atoms with van der Waals surface area (Å²) in [6.45, 7) is 0. The lowest BCUT2D eigenvalue weighted by molar-refractivity contribution is 0.303. The Morgan fingerprint density at radius 1 is 0.778 bits per heavy atom.